The van der Waals surface area contributed by atoms with Crippen molar-refractivity contribution in [3.63, 3.8) is 0 Å². The molecule has 3 N–H and O–H groups in total. The van der Waals surface area contributed by atoms with Crippen LogP contribution in [0, 0.1) is 5.92 Å². The summed E-state index contributed by atoms with van der Waals surface area (Å²) in [5.74, 6) is 1.93. The lowest BCUT2D eigenvalue weighted by molar-refractivity contribution is -0.0203. The Bertz CT molecular complexity index is 638. The third kappa shape index (κ3) is 7.13. The normalized spacial score (nSPS) is 21.3. The number of nitrogens with one attached hydrogen (secondary N) is 3. The smallest absolute Gasteiger partial charge is 0.208 e. The molecule has 1 fully saturated rings. The summed E-state index contributed by atoms with van der Waals surface area (Å²) >= 11 is 0. The molecule has 142 valence electrons. The van der Waals surface area contributed by atoms with Gasteiger partial charge in [0, 0.05) is 25.8 Å². The molecule has 0 amide bonds. The van der Waals surface area contributed by atoms with Gasteiger partial charge in [0.05, 0.1) is 18.4 Å². The first-order valence-electron chi connectivity index (χ1n) is 8.74. The molecule has 0 unspecified atom stereocenters. The summed E-state index contributed by atoms with van der Waals surface area (Å²) in [7, 11) is -3.13. The lowest BCUT2D eigenvalue weighted by atomic mass is 9.94. The first-order valence-corrected chi connectivity index (χ1v) is 10.6. The highest BCUT2D eigenvalue weighted by molar-refractivity contribution is 7.88. The summed E-state index contributed by atoms with van der Waals surface area (Å²) in [6.07, 6.45) is 5.64. The van der Waals surface area contributed by atoms with Crippen LogP contribution in [-0.2, 0) is 14.8 Å². The highest BCUT2D eigenvalue weighted by Gasteiger charge is 2.28. The minimum absolute atomic E-state index is 0.183. The van der Waals surface area contributed by atoms with Gasteiger partial charge in [-0.15, -0.1) is 0 Å². The monoisotopic (exact) mass is 371 g/mol. The van der Waals surface area contributed by atoms with E-state index in [1.54, 1.807) is 0 Å². The average Bonchev–Trinajstić information content (AvgIpc) is 2.54. The molecular formula is C16H29N5O3S. The van der Waals surface area contributed by atoms with Crippen molar-refractivity contribution in [1.29, 1.82) is 0 Å². The molecular weight excluding hydrogens is 342 g/mol. The number of rotatable bonds is 9. The number of sulfonamides is 1. The Kier molecular flexibility index (Phi) is 7.39. The fourth-order valence-corrected chi connectivity index (χ4v) is 3.41. The van der Waals surface area contributed by atoms with Crippen molar-refractivity contribution < 1.29 is 13.2 Å². The summed E-state index contributed by atoms with van der Waals surface area (Å²) in [6.45, 7) is 6.18. The van der Waals surface area contributed by atoms with Crippen molar-refractivity contribution in [2.45, 2.75) is 45.3 Å². The second-order valence-corrected chi connectivity index (χ2v) is 8.54. The lowest BCUT2D eigenvalue weighted by Crippen LogP contribution is -2.43. The van der Waals surface area contributed by atoms with Gasteiger partial charge in [-0.2, -0.15) is 0 Å². The van der Waals surface area contributed by atoms with Gasteiger partial charge in [0.15, 0.2) is 0 Å². The number of nitrogens with zero attached hydrogens (tertiary/aromatic N) is 2. The molecule has 2 heterocycles. The van der Waals surface area contributed by atoms with E-state index in [-0.39, 0.29) is 12.1 Å². The summed E-state index contributed by atoms with van der Waals surface area (Å²) < 4.78 is 30.4. The number of ether oxygens (including phenoxy) is 1. The zero-order chi connectivity index (χ0) is 18.3. The van der Waals surface area contributed by atoms with Gasteiger partial charge in [0.25, 0.3) is 0 Å². The summed E-state index contributed by atoms with van der Waals surface area (Å²) in [5, 5.41) is 6.65. The van der Waals surface area contributed by atoms with Crippen LogP contribution in [-0.4, -0.2) is 56.5 Å². The van der Waals surface area contributed by atoms with E-state index < -0.39 is 10.0 Å². The molecule has 1 saturated heterocycles. The van der Waals surface area contributed by atoms with Gasteiger partial charge < -0.3 is 15.4 Å². The molecule has 0 saturated carbocycles. The Morgan fingerprint density at radius 1 is 1.28 bits per heavy atom. The SMILES string of the molecule is CC(C)[C@@H]1OCCC[C@H]1Nc1cc(NCCCNS(C)(=O)=O)ncn1. The zero-order valence-corrected chi connectivity index (χ0v) is 16.0. The molecule has 9 heteroatoms. The molecule has 25 heavy (non-hydrogen) atoms. The average molecular weight is 372 g/mol. The molecule has 1 aromatic heterocycles. The maximum Gasteiger partial charge on any atom is 0.208 e. The van der Waals surface area contributed by atoms with Gasteiger partial charge >= 0.3 is 0 Å². The molecule has 1 aromatic rings. The predicted molar refractivity (Wildman–Crippen MR) is 99.2 cm³/mol. The van der Waals surface area contributed by atoms with Crippen LogP contribution in [0.2, 0.25) is 0 Å². The molecule has 2 atom stereocenters. The topological polar surface area (TPSA) is 105 Å². The zero-order valence-electron chi connectivity index (χ0n) is 15.2. The van der Waals surface area contributed by atoms with Crippen LogP contribution in [0.4, 0.5) is 11.6 Å². The Hall–Kier alpha value is -1.45. The molecule has 2 rings (SSSR count). The van der Waals surface area contributed by atoms with E-state index in [2.05, 4.69) is 39.2 Å². The van der Waals surface area contributed by atoms with E-state index >= 15 is 0 Å². The molecule has 0 aliphatic carbocycles. The minimum Gasteiger partial charge on any atom is -0.376 e. The van der Waals surface area contributed by atoms with E-state index in [1.165, 1.54) is 6.33 Å². The number of aromatic nitrogens is 2. The van der Waals surface area contributed by atoms with Crippen LogP contribution in [0.25, 0.3) is 0 Å². The standard InChI is InChI=1S/C16H29N5O3S/c1-12(2)16-13(6-4-9-24-16)21-15-10-14(18-11-19-15)17-7-5-8-20-25(3,22)23/h10-13,16,20H,4-9H2,1-3H3,(H2,17,18,19,21)/t13-,16+/m1/s1. The van der Waals surface area contributed by atoms with Crippen molar-refractivity contribution >= 4 is 21.7 Å². The quantitative estimate of drug-likeness (QED) is 0.564. The van der Waals surface area contributed by atoms with Gasteiger partial charge in [-0.25, -0.2) is 23.1 Å². The predicted octanol–water partition coefficient (Wildman–Crippen LogP) is 1.44. The van der Waals surface area contributed by atoms with Crippen molar-refractivity contribution in [3.05, 3.63) is 12.4 Å². The number of anilines is 2. The fraction of sp³-hybridized carbons (Fsp3) is 0.750. The summed E-state index contributed by atoms with van der Waals surface area (Å²) in [6, 6.07) is 2.12. The third-order valence-corrected chi connectivity index (χ3v) is 4.78. The largest absolute Gasteiger partial charge is 0.376 e. The van der Waals surface area contributed by atoms with Gasteiger partial charge in [-0.1, -0.05) is 13.8 Å². The van der Waals surface area contributed by atoms with Crippen LogP contribution in [0.5, 0.6) is 0 Å². The Morgan fingerprint density at radius 2 is 2.04 bits per heavy atom. The summed E-state index contributed by atoms with van der Waals surface area (Å²) in [4.78, 5) is 8.50. The number of hydrogen-bond donors (Lipinski definition) is 3. The molecule has 1 aliphatic heterocycles. The number of hydrogen-bond acceptors (Lipinski definition) is 7. The molecule has 8 nitrogen and oxygen atoms in total. The van der Waals surface area contributed by atoms with Crippen molar-refractivity contribution in [3.8, 4) is 0 Å². The van der Waals surface area contributed by atoms with Crippen LogP contribution in [0.15, 0.2) is 12.4 Å². The Balaban J connectivity index is 1.84. The van der Waals surface area contributed by atoms with E-state index in [1.807, 2.05) is 6.07 Å². The van der Waals surface area contributed by atoms with Gasteiger partial charge in [0.2, 0.25) is 10.0 Å². The summed E-state index contributed by atoms with van der Waals surface area (Å²) in [5.41, 5.74) is 0. The van der Waals surface area contributed by atoms with Crippen LogP contribution in [0.1, 0.15) is 33.1 Å². The second kappa shape index (κ2) is 9.30. The van der Waals surface area contributed by atoms with E-state index in [0.29, 0.717) is 25.4 Å². The van der Waals surface area contributed by atoms with Crippen molar-refractivity contribution in [2.75, 3.05) is 36.6 Å². The minimum atomic E-state index is -3.13. The van der Waals surface area contributed by atoms with Crippen molar-refractivity contribution in [2.24, 2.45) is 5.92 Å². The van der Waals surface area contributed by atoms with E-state index in [9.17, 15) is 8.42 Å². The molecule has 0 aromatic carbocycles. The highest BCUT2D eigenvalue weighted by Crippen LogP contribution is 2.23. The second-order valence-electron chi connectivity index (χ2n) is 6.71. The third-order valence-electron chi connectivity index (χ3n) is 4.05. The van der Waals surface area contributed by atoms with Crippen LogP contribution < -0.4 is 15.4 Å². The maximum absolute atomic E-state index is 11.0. The Morgan fingerprint density at radius 3 is 2.76 bits per heavy atom. The van der Waals surface area contributed by atoms with Crippen LogP contribution in [0.3, 0.4) is 0 Å². The maximum atomic E-state index is 11.0. The molecule has 0 radical (unpaired) electrons. The first kappa shape index (κ1) is 19.9. The van der Waals surface area contributed by atoms with Gasteiger partial charge in [0.1, 0.15) is 18.0 Å². The van der Waals surface area contributed by atoms with Gasteiger partial charge in [-0.3, -0.25) is 0 Å². The van der Waals surface area contributed by atoms with E-state index in [0.717, 1.165) is 37.3 Å². The van der Waals surface area contributed by atoms with Crippen LogP contribution >= 0.6 is 0 Å². The highest BCUT2D eigenvalue weighted by atomic mass is 32.2. The lowest BCUT2D eigenvalue weighted by Gasteiger charge is -2.35. The van der Waals surface area contributed by atoms with Crippen molar-refractivity contribution in [1.82, 2.24) is 14.7 Å². The molecule has 0 bridgehead atoms. The first-order chi connectivity index (χ1) is 11.8. The van der Waals surface area contributed by atoms with Gasteiger partial charge in [-0.05, 0) is 25.2 Å². The fourth-order valence-electron chi connectivity index (χ4n) is 2.90. The molecule has 1 aliphatic rings. The van der Waals surface area contributed by atoms with E-state index in [4.69, 9.17) is 4.74 Å². The molecule has 0 spiro atoms. The Labute approximate surface area is 150 Å².